The Kier molecular flexibility index (Phi) is 5.22. The Morgan fingerprint density at radius 3 is 2.75 bits per heavy atom. The van der Waals surface area contributed by atoms with Crippen molar-refractivity contribution < 1.29 is 4.74 Å². The Labute approximate surface area is 97.4 Å². The van der Waals surface area contributed by atoms with E-state index in [1.165, 1.54) is 0 Å². The van der Waals surface area contributed by atoms with Crippen LogP contribution in [0.2, 0.25) is 0 Å². The van der Waals surface area contributed by atoms with E-state index in [1.807, 2.05) is 25.4 Å². The third-order valence-electron chi connectivity index (χ3n) is 2.66. The van der Waals surface area contributed by atoms with Gasteiger partial charge in [-0.3, -0.25) is 4.98 Å². The first-order chi connectivity index (χ1) is 7.69. The molecule has 16 heavy (non-hydrogen) atoms. The SMILES string of the molecule is CCC(N)c1ccc(N(C)CCOC)cn1. The number of hydrogen-bond acceptors (Lipinski definition) is 4. The average Bonchev–Trinajstić information content (AvgIpc) is 2.35. The summed E-state index contributed by atoms with van der Waals surface area (Å²) in [5, 5.41) is 0. The van der Waals surface area contributed by atoms with Gasteiger partial charge in [-0.1, -0.05) is 6.92 Å². The number of nitrogens with two attached hydrogens (primary N) is 1. The maximum Gasteiger partial charge on any atom is 0.0637 e. The molecule has 1 aromatic rings. The molecule has 0 aliphatic heterocycles. The number of nitrogens with zero attached hydrogens (tertiary/aromatic N) is 2. The molecule has 0 saturated heterocycles. The van der Waals surface area contributed by atoms with Crippen molar-refractivity contribution in [1.82, 2.24) is 4.98 Å². The first-order valence-electron chi connectivity index (χ1n) is 5.60. The number of hydrogen-bond donors (Lipinski definition) is 1. The molecule has 0 fully saturated rings. The minimum atomic E-state index is 0.0401. The predicted molar refractivity (Wildman–Crippen MR) is 66.6 cm³/mol. The highest BCUT2D eigenvalue weighted by atomic mass is 16.5. The maximum absolute atomic E-state index is 5.90. The predicted octanol–water partition coefficient (Wildman–Crippen LogP) is 1.57. The van der Waals surface area contributed by atoms with Crippen LogP contribution < -0.4 is 10.6 Å². The fraction of sp³-hybridized carbons (Fsp3) is 0.583. The molecule has 1 heterocycles. The topological polar surface area (TPSA) is 51.4 Å². The van der Waals surface area contributed by atoms with Crippen molar-refractivity contribution in [1.29, 1.82) is 0 Å². The van der Waals surface area contributed by atoms with E-state index in [0.717, 1.165) is 24.3 Å². The van der Waals surface area contributed by atoms with Crippen LogP contribution in [-0.2, 0) is 4.74 Å². The van der Waals surface area contributed by atoms with Gasteiger partial charge in [0.25, 0.3) is 0 Å². The molecular formula is C12H21N3O. The Morgan fingerprint density at radius 2 is 2.25 bits per heavy atom. The van der Waals surface area contributed by atoms with Gasteiger partial charge in [-0.25, -0.2) is 0 Å². The van der Waals surface area contributed by atoms with Crippen LogP contribution in [-0.4, -0.2) is 32.3 Å². The molecule has 0 aromatic carbocycles. The second-order valence-corrected chi connectivity index (χ2v) is 3.87. The smallest absolute Gasteiger partial charge is 0.0637 e. The number of aromatic nitrogens is 1. The van der Waals surface area contributed by atoms with Crippen molar-refractivity contribution in [2.24, 2.45) is 5.73 Å². The van der Waals surface area contributed by atoms with Gasteiger partial charge in [0.05, 0.1) is 24.2 Å². The number of methoxy groups -OCH3 is 1. The quantitative estimate of drug-likeness (QED) is 0.795. The second kappa shape index (κ2) is 6.45. The highest BCUT2D eigenvalue weighted by Crippen LogP contribution is 2.15. The monoisotopic (exact) mass is 223 g/mol. The summed E-state index contributed by atoms with van der Waals surface area (Å²) in [4.78, 5) is 6.48. The molecule has 90 valence electrons. The molecule has 4 heteroatoms. The number of anilines is 1. The van der Waals surface area contributed by atoms with Crippen LogP contribution in [0.4, 0.5) is 5.69 Å². The first kappa shape index (κ1) is 12.9. The Bertz CT molecular complexity index is 300. The van der Waals surface area contributed by atoms with E-state index in [1.54, 1.807) is 7.11 Å². The zero-order valence-electron chi connectivity index (χ0n) is 10.3. The molecule has 0 aliphatic rings. The minimum absolute atomic E-state index is 0.0401. The van der Waals surface area contributed by atoms with Gasteiger partial charge in [-0.15, -0.1) is 0 Å². The number of pyridine rings is 1. The molecule has 1 rings (SSSR count). The zero-order chi connectivity index (χ0) is 12.0. The molecule has 1 unspecified atom stereocenters. The fourth-order valence-corrected chi connectivity index (χ4v) is 1.41. The molecule has 0 radical (unpaired) electrons. The van der Waals surface area contributed by atoms with Gasteiger partial charge in [0, 0.05) is 26.7 Å². The summed E-state index contributed by atoms with van der Waals surface area (Å²) in [6.07, 6.45) is 2.77. The molecule has 1 atom stereocenters. The highest BCUT2D eigenvalue weighted by Gasteiger charge is 2.06. The van der Waals surface area contributed by atoms with Gasteiger partial charge in [0.2, 0.25) is 0 Å². The highest BCUT2D eigenvalue weighted by molar-refractivity contribution is 5.43. The lowest BCUT2D eigenvalue weighted by Crippen LogP contribution is -2.22. The largest absolute Gasteiger partial charge is 0.383 e. The lowest BCUT2D eigenvalue weighted by Gasteiger charge is -2.19. The van der Waals surface area contributed by atoms with Crippen molar-refractivity contribution in [3.05, 3.63) is 24.0 Å². The molecule has 0 spiro atoms. The van der Waals surface area contributed by atoms with Crippen molar-refractivity contribution in [2.75, 3.05) is 32.2 Å². The molecule has 1 aromatic heterocycles. The lowest BCUT2D eigenvalue weighted by atomic mass is 10.1. The van der Waals surface area contributed by atoms with Crippen LogP contribution in [0.3, 0.4) is 0 Å². The standard InChI is InChI=1S/C12H21N3O/c1-4-11(13)12-6-5-10(9-14-12)15(2)7-8-16-3/h5-6,9,11H,4,7-8,13H2,1-3H3. The summed E-state index contributed by atoms with van der Waals surface area (Å²) in [5.74, 6) is 0. The third kappa shape index (κ3) is 3.47. The molecule has 0 bridgehead atoms. The third-order valence-corrected chi connectivity index (χ3v) is 2.66. The summed E-state index contributed by atoms with van der Waals surface area (Å²) in [6, 6.07) is 4.08. The maximum atomic E-state index is 5.90. The molecule has 2 N–H and O–H groups in total. The van der Waals surface area contributed by atoms with Gasteiger partial charge in [-0.2, -0.15) is 0 Å². The van der Waals surface area contributed by atoms with E-state index >= 15 is 0 Å². The van der Waals surface area contributed by atoms with Gasteiger partial charge < -0.3 is 15.4 Å². The van der Waals surface area contributed by atoms with Gasteiger partial charge in [0.15, 0.2) is 0 Å². The van der Waals surface area contributed by atoms with Crippen molar-refractivity contribution in [3.63, 3.8) is 0 Å². The van der Waals surface area contributed by atoms with Crippen LogP contribution in [0, 0.1) is 0 Å². The molecule has 0 amide bonds. The van der Waals surface area contributed by atoms with Crippen LogP contribution in [0.15, 0.2) is 18.3 Å². The summed E-state index contributed by atoms with van der Waals surface area (Å²) in [7, 11) is 3.73. The number of likely N-dealkylation sites (N-methyl/N-ethyl adjacent to an activating group) is 1. The van der Waals surface area contributed by atoms with E-state index in [-0.39, 0.29) is 6.04 Å². The molecule has 0 saturated carbocycles. The van der Waals surface area contributed by atoms with Crippen LogP contribution >= 0.6 is 0 Å². The van der Waals surface area contributed by atoms with Gasteiger partial charge in [0.1, 0.15) is 0 Å². The lowest BCUT2D eigenvalue weighted by molar-refractivity contribution is 0.206. The zero-order valence-corrected chi connectivity index (χ0v) is 10.3. The Balaban J connectivity index is 2.63. The summed E-state index contributed by atoms with van der Waals surface area (Å²) in [6.45, 7) is 3.63. The molecule has 4 nitrogen and oxygen atoms in total. The Morgan fingerprint density at radius 1 is 1.50 bits per heavy atom. The normalized spacial score (nSPS) is 12.5. The van der Waals surface area contributed by atoms with Crippen molar-refractivity contribution in [3.8, 4) is 0 Å². The van der Waals surface area contributed by atoms with Gasteiger partial charge in [-0.05, 0) is 18.6 Å². The fourth-order valence-electron chi connectivity index (χ4n) is 1.41. The van der Waals surface area contributed by atoms with E-state index in [4.69, 9.17) is 10.5 Å². The van der Waals surface area contributed by atoms with Crippen LogP contribution in [0.1, 0.15) is 25.1 Å². The van der Waals surface area contributed by atoms with Gasteiger partial charge >= 0.3 is 0 Å². The Hall–Kier alpha value is -1.13. The minimum Gasteiger partial charge on any atom is -0.383 e. The number of ether oxygens (including phenoxy) is 1. The molecule has 0 aliphatic carbocycles. The van der Waals surface area contributed by atoms with Crippen molar-refractivity contribution >= 4 is 5.69 Å². The van der Waals surface area contributed by atoms with Crippen LogP contribution in [0.5, 0.6) is 0 Å². The van der Waals surface area contributed by atoms with Crippen molar-refractivity contribution in [2.45, 2.75) is 19.4 Å². The van der Waals surface area contributed by atoms with E-state index in [2.05, 4.69) is 16.8 Å². The van der Waals surface area contributed by atoms with E-state index in [0.29, 0.717) is 6.61 Å². The molecular weight excluding hydrogens is 202 g/mol. The van der Waals surface area contributed by atoms with E-state index < -0.39 is 0 Å². The van der Waals surface area contributed by atoms with E-state index in [9.17, 15) is 0 Å². The first-order valence-corrected chi connectivity index (χ1v) is 5.60. The number of rotatable bonds is 6. The summed E-state index contributed by atoms with van der Waals surface area (Å²) >= 11 is 0. The summed E-state index contributed by atoms with van der Waals surface area (Å²) < 4.78 is 5.03. The van der Waals surface area contributed by atoms with Crippen LogP contribution in [0.25, 0.3) is 0 Å². The summed E-state index contributed by atoms with van der Waals surface area (Å²) in [5.41, 5.74) is 7.94. The average molecular weight is 223 g/mol. The second-order valence-electron chi connectivity index (χ2n) is 3.87.